The van der Waals surface area contributed by atoms with Crippen LogP contribution in [0.4, 0.5) is 24.7 Å². The van der Waals surface area contributed by atoms with E-state index in [9.17, 15) is 18.0 Å². The van der Waals surface area contributed by atoms with Gasteiger partial charge in [-0.3, -0.25) is 9.48 Å². The van der Waals surface area contributed by atoms with Crippen molar-refractivity contribution in [1.29, 1.82) is 0 Å². The Balaban J connectivity index is 1.21. The number of hydrogen-bond donors (Lipinski definition) is 1. The van der Waals surface area contributed by atoms with Crippen LogP contribution in [0.2, 0.25) is 0 Å². The van der Waals surface area contributed by atoms with Crippen LogP contribution in [0.5, 0.6) is 0 Å². The molecule has 5 rings (SSSR count). The number of benzene rings is 1. The number of aromatic nitrogens is 6. The standard InChI is InChI=1S/C22H21F3N8O/c23-22(24,25)21-29-28-18-5-6-19(30-33(18)21)31-11-7-16(8-12-31)20(34)27-17-4-1-3-15(13-17)14-32-10-2-9-26-32/h1-6,9-10,13,16H,7-8,11-12,14H2,(H,27,34). The van der Waals surface area contributed by atoms with Crippen molar-refractivity contribution in [1.82, 2.24) is 29.6 Å². The molecule has 1 saturated heterocycles. The maximum atomic E-state index is 13.1. The van der Waals surface area contributed by atoms with Crippen LogP contribution in [0.1, 0.15) is 24.2 Å². The molecule has 1 aromatic carbocycles. The fourth-order valence-corrected chi connectivity index (χ4v) is 4.07. The van der Waals surface area contributed by atoms with Crippen molar-refractivity contribution < 1.29 is 18.0 Å². The average Bonchev–Trinajstić information content (AvgIpc) is 3.48. The molecule has 4 heterocycles. The van der Waals surface area contributed by atoms with E-state index in [0.717, 1.165) is 11.3 Å². The van der Waals surface area contributed by atoms with Crippen LogP contribution in [-0.4, -0.2) is 48.6 Å². The first-order valence-electron chi connectivity index (χ1n) is 10.8. The van der Waals surface area contributed by atoms with Crippen molar-refractivity contribution in [3.63, 3.8) is 0 Å². The summed E-state index contributed by atoms with van der Waals surface area (Å²) in [5.41, 5.74) is 1.77. The molecule has 0 atom stereocenters. The molecule has 0 spiro atoms. The number of nitrogens with zero attached hydrogens (tertiary/aromatic N) is 7. The fraction of sp³-hybridized carbons (Fsp3) is 0.318. The van der Waals surface area contributed by atoms with E-state index in [4.69, 9.17) is 0 Å². The zero-order chi connectivity index (χ0) is 23.7. The van der Waals surface area contributed by atoms with Crippen LogP contribution in [0, 0.1) is 5.92 Å². The van der Waals surface area contributed by atoms with Gasteiger partial charge in [-0.2, -0.15) is 22.8 Å². The van der Waals surface area contributed by atoms with Gasteiger partial charge in [0.1, 0.15) is 5.82 Å². The molecule has 4 aromatic rings. The van der Waals surface area contributed by atoms with Crippen molar-refractivity contribution in [2.45, 2.75) is 25.6 Å². The molecule has 3 aromatic heterocycles. The van der Waals surface area contributed by atoms with Crippen LogP contribution in [0.15, 0.2) is 54.9 Å². The first-order valence-corrected chi connectivity index (χ1v) is 10.8. The molecule has 1 fully saturated rings. The van der Waals surface area contributed by atoms with E-state index in [1.54, 1.807) is 16.9 Å². The van der Waals surface area contributed by atoms with Crippen LogP contribution in [0.3, 0.4) is 0 Å². The number of fused-ring (bicyclic) bond motifs is 1. The number of alkyl halides is 3. The Morgan fingerprint density at radius 2 is 1.91 bits per heavy atom. The van der Waals surface area contributed by atoms with E-state index in [1.165, 1.54) is 6.07 Å². The third-order valence-corrected chi connectivity index (χ3v) is 5.79. The summed E-state index contributed by atoms with van der Waals surface area (Å²) in [5.74, 6) is -1.04. The summed E-state index contributed by atoms with van der Waals surface area (Å²) in [6.07, 6.45) is 0.0670. The van der Waals surface area contributed by atoms with Crippen molar-refractivity contribution in [2.75, 3.05) is 23.3 Å². The lowest BCUT2D eigenvalue weighted by atomic mass is 9.95. The molecule has 34 heavy (non-hydrogen) atoms. The monoisotopic (exact) mass is 470 g/mol. The Kier molecular flexibility index (Phi) is 5.64. The van der Waals surface area contributed by atoms with Gasteiger partial charge < -0.3 is 10.2 Å². The number of hydrogen-bond acceptors (Lipinski definition) is 6. The smallest absolute Gasteiger partial charge is 0.355 e. The lowest BCUT2D eigenvalue weighted by molar-refractivity contribution is -0.146. The Bertz CT molecular complexity index is 1290. The minimum Gasteiger partial charge on any atom is -0.355 e. The average molecular weight is 470 g/mol. The summed E-state index contributed by atoms with van der Waals surface area (Å²) in [4.78, 5) is 14.7. The second kappa shape index (κ2) is 8.76. The van der Waals surface area contributed by atoms with Gasteiger partial charge in [0.05, 0.1) is 6.54 Å². The second-order valence-electron chi connectivity index (χ2n) is 8.14. The predicted molar refractivity (Wildman–Crippen MR) is 117 cm³/mol. The normalized spacial score (nSPS) is 15.1. The summed E-state index contributed by atoms with van der Waals surface area (Å²) in [6.45, 7) is 1.60. The summed E-state index contributed by atoms with van der Waals surface area (Å²) in [7, 11) is 0. The van der Waals surface area contributed by atoms with Gasteiger partial charge in [-0.15, -0.1) is 15.3 Å². The van der Waals surface area contributed by atoms with E-state index in [0.29, 0.717) is 42.8 Å². The van der Waals surface area contributed by atoms with Crippen molar-refractivity contribution in [3.05, 3.63) is 66.2 Å². The number of carbonyl (C=O) groups excluding carboxylic acids is 1. The van der Waals surface area contributed by atoms with Gasteiger partial charge in [-0.05, 0) is 48.7 Å². The minimum atomic E-state index is -4.65. The molecule has 9 nitrogen and oxygen atoms in total. The van der Waals surface area contributed by atoms with Gasteiger partial charge in [0.25, 0.3) is 5.82 Å². The largest absolute Gasteiger partial charge is 0.453 e. The molecular formula is C22H21F3N8O. The van der Waals surface area contributed by atoms with E-state index in [-0.39, 0.29) is 17.5 Å². The lowest BCUT2D eigenvalue weighted by Gasteiger charge is -2.32. The highest BCUT2D eigenvalue weighted by molar-refractivity contribution is 5.92. The number of carbonyl (C=O) groups is 1. The molecule has 1 N–H and O–H groups in total. The highest BCUT2D eigenvalue weighted by Crippen LogP contribution is 2.29. The highest BCUT2D eigenvalue weighted by Gasteiger charge is 2.38. The lowest BCUT2D eigenvalue weighted by Crippen LogP contribution is -2.38. The molecule has 1 amide bonds. The van der Waals surface area contributed by atoms with Crippen LogP contribution >= 0.6 is 0 Å². The predicted octanol–water partition coefficient (Wildman–Crippen LogP) is 3.24. The molecule has 1 aliphatic heterocycles. The highest BCUT2D eigenvalue weighted by atomic mass is 19.4. The molecule has 176 valence electrons. The van der Waals surface area contributed by atoms with Crippen LogP contribution in [0.25, 0.3) is 5.65 Å². The summed E-state index contributed by atoms with van der Waals surface area (Å²) in [6, 6.07) is 12.6. The van der Waals surface area contributed by atoms with Gasteiger partial charge >= 0.3 is 6.18 Å². The first kappa shape index (κ1) is 21.9. The Hall–Kier alpha value is -3.96. The minimum absolute atomic E-state index is 0.0279. The summed E-state index contributed by atoms with van der Waals surface area (Å²) < 4.78 is 41.9. The van der Waals surface area contributed by atoms with Gasteiger partial charge in [0.2, 0.25) is 5.91 Å². The fourth-order valence-electron chi connectivity index (χ4n) is 4.07. The molecule has 12 heteroatoms. The van der Waals surface area contributed by atoms with E-state index in [2.05, 4.69) is 25.7 Å². The number of rotatable bonds is 5. The zero-order valence-corrected chi connectivity index (χ0v) is 18.0. The van der Waals surface area contributed by atoms with E-state index in [1.807, 2.05) is 41.4 Å². The SMILES string of the molecule is O=C(Nc1cccc(Cn2cccn2)c1)C1CCN(c2ccc3nnc(C(F)(F)F)n3n2)CC1. The van der Waals surface area contributed by atoms with Gasteiger partial charge in [-0.1, -0.05) is 12.1 Å². The van der Waals surface area contributed by atoms with Crippen molar-refractivity contribution in [2.24, 2.45) is 5.92 Å². The first-order chi connectivity index (χ1) is 16.4. The number of piperidine rings is 1. The van der Waals surface area contributed by atoms with E-state index < -0.39 is 12.0 Å². The molecule has 0 saturated carbocycles. The molecule has 0 bridgehead atoms. The zero-order valence-electron chi connectivity index (χ0n) is 18.0. The number of halogens is 3. The summed E-state index contributed by atoms with van der Waals surface area (Å²) in [5, 5.41) is 18.0. The molecular weight excluding hydrogens is 449 g/mol. The maximum Gasteiger partial charge on any atom is 0.453 e. The number of anilines is 2. The quantitative estimate of drug-likeness (QED) is 0.481. The number of amides is 1. The van der Waals surface area contributed by atoms with Crippen molar-refractivity contribution >= 4 is 23.1 Å². The Morgan fingerprint density at radius 3 is 2.65 bits per heavy atom. The maximum absolute atomic E-state index is 13.1. The van der Waals surface area contributed by atoms with Gasteiger partial charge in [0, 0.05) is 37.1 Å². The molecule has 0 aliphatic carbocycles. The third kappa shape index (κ3) is 4.56. The van der Waals surface area contributed by atoms with Crippen LogP contribution < -0.4 is 10.2 Å². The molecule has 0 radical (unpaired) electrons. The van der Waals surface area contributed by atoms with Crippen LogP contribution in [-0.2, 0) is 17.5 Å². The Labute approximate surface area is 192 Å². The van der Waals surface area contributed by atoms with Gasteiger partial charge in [-0.25, -0.2) is 0 Å². The van der Waals surface area contributed by atoms with E-state index >= 15 is 0 Å². The third-order valence-electron chi connectivity index (χ3n) is 5.79. The molecule has 1 aliphatic rings. The number of nitrogens with one attached hydrogen (secondary N) is 1. The van der Waals surface area contributed by atoms with Crippen molar-refractivity contribution in [3.8, 4) is 0 Å². The second-order valence-corrected chi connectivity index (χ2v) is 8.14. The van der Waals surface area contributed by atoms with Gasteiger partial charge in [0.15, 0.2) is 5.65 Å². The topological polar surface area (TPSA) is 93.2 Å². The summed E-state index contributed by atoms with van der Waals surface area (Å²) >= 11 is 0. The molecule has 0 unspecified atom stereocenters. The Morgan fingerprint density at radius 1 is 1.09 bits per heavy atom.